The van der Waals surface area contributed by atoms with Gasteiger partial charge in [-0.1, -0.05) is 6.07 Å². The Morgan fingerprint density at radius 1 is 1.45 bits per heavy atom. The molecule has 1 aromatic heterocycles. The molecule has 1 atom stereocenters. The lowest BCUT2D eigenvalue weighted by Gasteiger charge is -2.13. The van der Waals surface area contributed by atoms with Crippen LogP contribution in [0.5, 0.6) is 0 Å². The zero-order valence-corrected chi connectivity index (χ0v) is 11.0. The molecule has 0 bridgehead atoms. The highest BCUT2D eigenvalue weighted by atomic mass is 19.1. The van der Waals surface area contributed by atoms with Gasteiger partial charge in [-0.15, -0.1) is 0 Å². The molecule has 1 heterocycles. The van der Waals surface area contributed by atoms with Crippen molar-refractivity contribution in [3.8, 4) is 0 Å². The van der Waals surface area contributed by atoms with E-state index in [0.29, 0.717) is 11.4 Å². The summed E-state index contributed by atoms with van der Waals surface area (Å²) in [6.07, 6.45) is 1.06. The Kier molecular flexibility index (Phi) is 4.31. The first-order chi connectivity index (χ1) is 9.58. The minimum atomic E-state index is -0.580. The van der Waals surface area contributed by atoms with E-state index in [2.05, 4.69) is 20.6 Å². The molecule has 0 spiro atoms. The van der Waals surface area contributed by atoms with Gasteiger partial charge in [-0.25, -0.2) is 9.37 Å². The summed E-state index contributed by atoms with van der Waals surface area (Å²) in [4.78, 5) is 7.88. The maximum atomic E-state index is 13.6. The fourth-order valence-electron chi connectivity index (χ4n) is 1.55. The van der Waals surface area contributed by atoms with Gasteiger partial charge in [-0.3, -0.25) is 0 Å². The maximum absolute atomic E-state index is 13.6. The number of hydrogen-bond acceptors (Lipinski definition) is 6. The van der Waals surface area contributed by atoms with E-state index < -0.39 is 5.82 Å². The fraction of sp³-hybridized carbons (Fsp3) is 0.231. The quantitative estimate of drug-likeness (QED) is 0.622. The van der Waals surface area contributed by atoms with E-state index in [1.54, 1.807) is 31.2 Å². The van der Waals surface area contributed by atoms with Crippen LogP contribution in [-0.2, 0) is 0 Å². The van der Waals surface area contributed by atoms with Crippen LogP contribution in [0, 0.1) is 5.82 Å². The topological polar surface area (TPSA) is 96.1 Å². The molecule has 0 saturated heterocycles. The van der Waals surface area contributed by atoms with Gasteiger partial charge in [-0.2, -0.15) is 4.98 Å². The van der Waals surface area contributed by atoms with E-state index in [1.165, 1.54) is 0 Å². The Morgan fingerprint density at radius 3 is 2.95 bits per heavy atom. The summed E-state index contributed by atoms with van der Waals surface area (Å²) in [6.45, 7) is 1.59. The first kappa shape index (κ1) is 14.0. The van der Waals surface area contributed by atoms with E-state index in [1.807, 2.05) is 0 Å². The van der Waals surface area contributed by atoms with Crippen LogP contribution in [0.3, 0.4) is 0 Å². The predicted octanol–water partition coefficient (Wildman–Crippen LogP) is 1.73. The number of aliphatic hydroxyl groups is 1. The van der Waals surface area contributed by atoms with Gasteiger partial charge >= 0.3 is 0 Å². The molecule has 6 nitrogen and oxygen atoms in total. The molecule has 2 rings (SSSR count). The van der Waals surface area contributed by atoms with Gasteiger partial charge in [-0.05, 0) is 25.1 Å². The summed E-state index contributed by atoms with van der Waals surface area (Å²) in [5.74, 6) is -0.305. The van der Waals surface area contributed by atoms with Crippen LogP contribution in [0.25, 0.3) is 0 Å². The summed E-state index contributed by atoms with van der Waals surface area (Å²) in [5, 5.41) is 14.7. The van der Waals surface area contributed by atoms with Crippen LogP contribution in [0.4, 0.5) is 27.5 Å². The van der Waals surface area contributed by atoms with Gasteiger partial charge in [0.05, 0.1) is 12.8 Å². The third kappa shape index (κ3) is 3.55. The molecule has 0 aliphatic carbocycles. The Balaban J connectivity index is 2.18. The number of aromatic nitrogens is 2. The Bertz CT molecular complexity index is 593. The van der Waals surface area contributed by atoms with Crippen LogP contribution in [0.2, 0.25) is 0 Å². The van der Waals surface area contributed by atoms with Crippen LogP contribution in [0.15, 0.2) is 30.5 Å². The second-order valence-corrected chi connectivity index (χ2v) is 4.37. The molecule has 0 unspecified atom stereocenters. The highest BCUT2D eigenvalue weighted by Gasteiger charge is 2.09. The molecule has 2 aromatic rings. The summed E-state index contributed by atoms with van der Waals surface area (Å²) in [7, 11) is 0. The van der Waals surface area contributed by atoms with Crippen LogP contribution < -0.4 is 16.4 Å². The van der Waals surface area contributed by atoms with E-state index in [9.17, 15) is 4.39 Å². The SMILES string of the molecule is C[C@@H](CO)Nc1nc(Nc2cccc(N)c2)ncc1F. The second kappa shape index (κ2) is 6.16. The van der Waals surface area contributed by atoms with Crippen molar-refractivity contribution >= 4 is 23.1 Å². The third-order valence-corrected chi connectivity index (χ3v) is 2.54. The summed E-state index contributed by atoms with van der Waals surface area (Å²) in [6, 6.07) is 6.75. The number of nitrogens with zero attached hydrogens (tertiary/aromatic N) is 2. The highest BCUT2D eigenvalue weighted by Crippen LogP contribution is 2.18. The largest absolute Gasteiger partial charge is 0.399 e. The standard InChI is InChI=1S/C13H16FN5O/c1-8(7-20)17-12-11(14)6-16-13(19-12)18-10-4-2-3-9(15)5-10/h2-6,8,20H,7,15H2,1H3,(H2,16,17,18,19)/t8-/m0/s1. The molecule has 5 N–H and O–H groups in total. The van der Waals surface area contributed by atoms with Crippen molar-refractivity contribution in [1.82, 2.24) is 9.97 Å². The van der Waals surface area contributed by atoms with Gasteiger partial charge in [0.25, 0.3) is 0 Å². The van der Waals surface area contributed by atoms with Gasteiger partial charge < -0.3 is 21.5 Å². The average Bonchev–Trinajstić information content (AvgIpc) is 2.42. The van der Waals surface area contributed by atoms with Crippen LogP contribution in [0.1, 0.15) is 6.92 Å². The minimum Gasteiger partial charge on any atom is -0.399 e. The first-order valence-corrected chi connectivity index (χ1v) is 6.11. The molecule has 0 aliphatic heterocycles. The molecular formula is C13H16FN5O. The van der Waals surface area contributed by atoms with Crippen molar-refractivity contribution < 1.29 is 9.50 Å². The van der Waals surface area contributed by atoms with E-state index >= 15 is 0 Å². The molecule has 1 aromatic carbocycles. The van der Waals surface area contributed by atoms with Crippen molar-refractivity contribution in [2.75, 3.05) is 23.0 Å². The Morgan fingerprint density at radius 2 is 2.25 bits per heavy atom. The number of nitrogens with two attached hydrogens (primary N) is 1. The number of aliphatic hydroxyl groups excluding tert-OH is 1. The number of halogens is 1. The number of benzene rings is 1. The van der Waals surface area contributed by atoms with E-state index in [4.69, 9.17) is 10.8 Å². The van der Waals surface area contributed by atoms with Crippen molar-refractivity contribution in [3.63, 3.8) is 0 Å². The minimum absolute atomic E-state index is 0.0351. The molecule has 7 heteroatoms. The van der Waals surface area contributed by atoms with Gasteiger partial charge in [0.1, 0.15) is 0 Å². The van der Waals surface area contributed by atoms with Crippen molar-refractivity contribution in [3.05, 3.63) is 36.3 Å². The van der Waals surface area contributed by atoms with E-state index in [-0.39, 0.29) is 24.4 Å². The number of nitrogens with one attached hydrogen (secondary N) is 2. The number of rotatable bonds is 5. The Labute approximate surface area is 115 Å². The molecule has 20 heavy (non-hydrogen) atoms. The molecule has 0 amide bonds. The lowest BCUT2D eigenvalue weighted by atomic mass is 10.3. The molecule has 0 fully saturated rings. The summed E-state index contributed by atoms with van der Waals surface area (Å²) in [5.41, 5.74) is 6.98. The zero-order valence-electron chi connectivity index (χ0n) is 11.0. The first-order valence-electron chi connectivity index (χ1n) is 6.11. The normalized spacial score (nSPS) is 11.9. The van der Waals surface area contributed by atoms with Crippen molar-refractivity contribution in [2.45, 2.75) is 13.0 Å². The van der Waals surface area contributed by atoms with Gasteiger partial charge in [0.2, 0.25) is 5.95 Å². The fourth-order valence-corrected chi connectivity index (χ4v) is 1.55. The van der Waals surface area contributed by atoms with Gasteiger partial charge in [0.15, 0.2) is 11.6 Å². The van der Waals surface area contributed by atoms with Crippen molar-refractivity contribution in [1.29, 1.82) is 0 Å². The van der Waals surface area contributed by atoms with Crippen LogP contribution >= 0.6 is 0 Å². The maximum Gasteiger partial charge on any atom is 0.229 e. The number of nitrogen functional groups attached to an aromatic ring is 1. The monoisotopic (exact) mass is 277 g/mol. The molecule has 106 valence electrons. The molecule has 0 aliphatic rings. The third-order valence-electron chi connectivity index (χ3n) is 2.54. The Hall–Kier alpha value is -2.41. The average molecular weight is 277 g/mol. The summed E-state index contributed by atoms with van der Waals surface area (Å²) < 4.78 is 13.6. The van der Waals surface area contributed by atoms with Gasteiger partial charge in [0, 0.05) is 17.4 Å². The molecule has 0 saturated carbocycles. The number of hydrogen-bond donors (Lipinski definition) is 4. The lowest BCUT2D eigenvalue weighted by molar-refractivity contribution is 0.281. The highest BCUT2D eigenvalue weighted by molar-refractivity contribution is 5.60. The van der Waals surface area contributed by atoms with E-state index in [0.717, 1.165) is 6.20 Å². The molecular weight excluding hydrogens is 261 g/mol. The predicted molar refractivity (Wildman–Crippen MR) is 76.3 cm³/mol. The van der Waals surface area contributed by atoms with Crippen LogP contribution in [-0.4, -0.2) is 27.7 Å². The molecule has 0 radical (unpaired) electrons. The zero-order chi connectivity index (χ0) is 14.5. The number of anilines is 4. The van der Waals surface area contributed by atoms with Crippen molar-refractivity contribution in [2.24, 2.45) is 0 Å². The smallest absolute Gasteiger partial charge is 0.229 e. The summed E-state index contributed by atoms with van der Waals surface area (Å²) >= 11 is 0. The second-order valence-electron chi connectivity index (χ2n) is 4.37. The lowest BCUT2D eigenvalue weighted by Crippen LogP contribution is -2.21.